The second-order valence-corrected chi connectivity index (χ2v) is 3.44. The van der Waals surface area contributed by atoms with Crippen LogP contribution in [0, 0.1) is 0 Å². The largest absolute Gasteiger partial charge is 0.337 e. The van der Waals surface area contributed by atoms with E-state index in [0.29, 0.717) is 19.6 Å². The highest BCUT2D eigenvalue weighted by Crippen LogP contribution is 1.93. The van der Waals surface area contributed by atoms with Crippen LogP contribution in [0.2, 0.25) is 0 Å². The highest BCUT2D eigenvalue weighted by molar-refractivity contribution is 5.73. The van der Waals surface area contributed by atoms with Crippen LogP contribution < -0.4 is 0 Å². The van der Waals surface area contributed by atoms with Gasteiger partial charge < -0.3 is 4.90 Å². The van der Waals surface area contributed by atoms with Gasteiger partial charge in [-0.15, -0.1) is 0 Å². The van der Waals surface area contributed by atoms with Gasteiger partial charge in [-0.2, -0.15) is 4.65 Å². The summed E-state index contributed by atoms with van der Waals surface area (Å²) in [6.07, 6.45) is 0. The van der Waals surface area contributed by atoms with Gasteiger partial charge in [0.25, 0.3) is 0 Å². The molecule has 0 aromatic rings. The van der Waals surface area contributed by atoms with E-state index in [1.165, 1.54) is 0 Å². The van der Waals surface area contributed by atoms with Gasteiger partial charge >= 0.3 is 0 Å². The zero-order valence-corrected chi connectivity index (χ0v) is 8.37. The van der Waals surface area contributed by atoms with Crippen molar-refractivity contribution in [3.63, 3.8) is 0 Å². The van der Waals surface area contributed by atoms with Crippen molar-refractivity contribution in [2.75, 3.05) is 33.7 Å². The van der Waals surface area contributed by atoms with Crippen molar-refractivity contribution < 1.29 is 14.6 Å². The minimum atomic E-state index is -0.0935. The third-order valence-electron chi connectivity index (χ3n) is 1.74. The lowest BCUT2D eigenvalue weighted by atomic mass is 10.4. The highest BCUT2D eigenvalue weighted by atomic mass is 16.5. The molecular weight excluding hydrogens is 156 g/mol. The van der Waals surface area contributed by atoms with E-state index in [2.05, 4.69) is 0 Å². The SMILES string of the molecule is CCN(CC[N+](C)(C)O)C(C)=O. The monoisotopic (exact) mass is 175 g/mol. The molecule has 0 aliphatic carbocycles. The van der Waals surface area contributed by atoms with E-state index in [0.717, 1.165) is 0 Å². The van der Waals surface area contributed by atoms with Crippen LogP contribution in [-0.4, -0.2) is 54.4 Å². The summed E-state index contributed by atoms with van der Waals surface area (Å²) in [7, 11) is 3.38. The van der Waals surface area contributed by atoms with Gasteiger partial charge in [0.05, 0.1) is 20.6 Å². The minimum absolute atomic E-state index is 0.0611. The molecule has 0 atom stereocenters. The summed E-state index contributed by atoms with van der Waals surface area (Å²) in [4.78, 5) is 12.6. The van der Waals surface area contributed by atoms with Gasteiger partial charge in [-0.25, -0.2) is 5.21 Å². The molecule has 0 aromatic heterocycles. The molecule has 0 unspecified atom stereocenters. The summed E-state index contributed by atoms with van der Waals surface area (Å²) < 4.78 is -0.0935. The van der Waals surface area contributed by atoms with E-state index in [1.807, 2.05) is 6.92 Å². The molecule has 12 heavy (non-hydrogen) atoms. The first-order valence-electron chi connectivity index (χ1n) is 4.18. The highest BCUT2D eigenvalue weighted by Gasteiger charge is 2.14. The topological polar surface area (TPSA) is 40.5 Å². The number of amides is 1. The third-order valence-corrected chi connectivity index (χ3v) is 1.74. The van der Waals surface area contributed by atoms with Crippen LogP contribution in [-0.2, 0) is 4.79 Å². The summed E-state index contributed by atoms with van der Waals surface area (Å²) in [5.74, 6) is 0.0611. The summed E-state index contributed by atoms with van der Waals surface area (Å²) in [5, 5.41) is 9.34. The Kier molecular flexibility index (Phi) is 4.20. The molecule has 0 aliphatic heterocycles. The number of hydrogen-bond acceptors (Lipinski definition) is 2. The summed E-state index contributed by atoms with van der Waals surface area (Å²) >= 11 is 0. The number of hydrogen-bond donors (Lipinski definition) is 1. The molecule has 0 aliphatic rings. The van der Waals surface area contributed by atoms with Crippen LogP contribution in [0.25, 0.3) is 0 Å². The molecule has 0 spiro atoms. The Bertz CT molecular complexity index is 152. The first-order valence-corrected chi connectivity index (χ1v) is 4.18. The van der Waals surface area contributed by atoms with Crippen LogP contribution in [0.5, 0.6) is 0 Å². The Balaban J connectivity index is 3.81. The average Bonchev–Trinajstić information content (AvgIpc) is 1.85. The number of quaternary nitrogens is 1. The predicted octanol–water partition coefficient (Wildman–Crippen LogP) is 0.320. The van der Waals surface area contributed by atoms with Crippen molar-refractivity contribution in [2.45, 2.75) is 13.8 Å². The molecule has 0 bridgehead atoms. The fourth-order valence-electron chi connectivity index (χ4n) is 0.904. The van der Waals surface area contributed by atoms with Crippen LogP contribution in [0.3, 0.4) is 0 Å². The van der Waals surface area contributed by atoms with E-state index in [9.17, 15) is 10.0 Å². The van der Waals surface area contributed by atoms with E-state index >= 15 is 0 Å². The Hall–Kier alpha value is -0.610. The Labute approximate surface area is 73.9 Å². The Morgan fingerprint density at radius 1 is 1.50 bits per heavy atom. The van der Waals surface area contributed by atoms with E-state index in [4.69, 9.17) is 0 Å². The number of carbonyl (C=O) groups is 1. The van der Waals surface area contributed by atoms with Crippen molar-refractivity contribution in [1.82, 2.24) is 4.90 Å². The lowest BCUT2D eigenvalue weighted by molar-refractivity contribution is -1.07. The number of hydroxylamine groups is 3. The zero-order valence-electron chi connectivity index (χ0n) is 8.37. The number of rotatable bonds is 4. The summed E-state index contributed by atoms with van der Waals surface area (Å²) in [5.41, 5.74) is 0. The molecule has 0 radical (unpaired) electrons. The van der Waals surface area contributed by atoms with Crippen molar-refractivity contribution in [2.24, 2.45) is 0 Å². The second-order valence-electron chi connectivity index (χ2n) is 3.44. The third kappa shape index (κ3) is 5.09. The maximum Gasteiger partial charge on any atom is 0.219 e. The van der Waals surface area contributed by atoms with E-state index < -0.39 is 0 Å². The molecule has 0 rings (SSSR count). The average molecular weight is 175 g/mol. The minimum Gasteiger partial charge on any atom is -0.337 e. The number of carbonyl (C=O) groups excluding carboxylic acids is 1. The van der Waals surface area contributed by atoms with Gasteiger partial charge in [-0.1, -0.05) is 0 Å². The maximum absolute atomic E-state index is 10.9. The molecule has 0 heterocycles. The van der Waals surface area contributed by atoms with Gasteiger partial charge in [-0.3, -0.25) is 4.79 Å². The molecule has 72 valence electrons. The second kappa shape index (κ2) is 4.42. The van der Waals surface area contributed by atoms with Gasteiger partial charge in [0, 0.05) is 13.5 Å². The molecule has 0 aromatic carbocycles. The standard InChI is InChI=1S/C8H19N2O2/c1-5-9(8(2)11)6-7-10(3,4)12/h12H,5-7H2,1-4H3/q+1. The Morgan fingerprint density at radius 3 is 2.25 bits per heavy atom. The number of nitrogens with zero attached hydrogens (tertiary/aromatic N) is 2. The first-order chi connectivity index (χ1) is 5.37. The Morgan fingerprint density at radius 2 is 2.00 bits per heavy atom. The molecule has 0 saturated carbocycles. The zero-order chi connectivity index (χ0) is 9.78. The molecular formula is C8H19N2O2+. The van der Waals surface area contributed by atoms with Gasteiger partial charge in [-0.05, 0) is 6.92 Å². The maximum atomic E-state index is 10.9. The summed E-state index contributed by atoms with van der Waals surface area (Å²) in [6, 6.07) is 0. The molecule has 4 heteroatoms. The molecule has 4 nitrogen and oxygen atoms in total. The fraction of sp³-hybridized carbons (Fsp3) is 0.875. The predicted molar refractivity (Wildman–Crippen MR) is 46.7 cm³/mol. The molecule has 1 amide bonds. The van der Waals surface area contributed by atoms with E-state index in [-0.39, 0.29) is 10.6 Å². The fourth-order valence-corrected chi connectivity index (χ4v) is 0.904. The van der Waals surface area contributed by atoms with Crippen LogP contribution >= 0.6 is 0 Å². The lowest BCUT2D eigenvalue weighted by Crippen LogP contribution is -2.43. The molecule has 0 saturated heterocycles. The normalized spacial score (nSPS) is 11.4. The molecule has 0 fully saturated rings. The molecule has 1 N–H and O–H groups in total. The van der Waals surface area contributed by atoms with Gasteiger partial charge in [0.2, 0.25) is 5.91 Å². The van der Waals surface area contributed by atoms with Crippen LogP contribution in [0.15, 0.2) is 0 Å². The van der Waals surface area contributed by atoms with Gasteiger partial charge in [0.15, 0.2) is 0 Å². The van der Waals surface area contributed by atoms with Crippen molar-refractivity contribution in [3.8, 4) is 0 Å². The number of likely N-dealkylation sites (N-methyl/N-ethyl adjacent to an activating group) is 2. The van der Waals surface area contributed by atoms with Crippen molar-refractivity contribution in [1.29, 1.82) is 0 Å². The van der Waals surface area contributed by atoms with Crippen molar-refractivity contribution >= 4 is 5.91 Å². The van der Waals surface area contributed by atoms with Crippen LogP contribution in [0.1, 0.15) is 13.8 Å². The van der Waals surface area contributed by atoms with E-state index in [1.54, 1.807) is 25.9 Å². The smallest absolute Gasteiger partial charge is 0.219 e. The van der Waals surface area contributed by atoms with Gasteiger partial charge in [0.1, 0.15) is 6.54 Å². The lowest BCUT2D eigenvalue weighted by Gasteiger charge is -2.24. The van der Waals surface area contributed by atoms with Crippen molar-refractivity contribution in [3.05, 3.63) is 0 Å². The summed E-state index contributed by atoms with van der Waals surface area (Å²) in [6.45, 7) is 5.34. The quantitative estimate of drug-likeness (QED) is 0.494. The van der Waals surface area contributed by atoms with Crippen LogP contribution in [0.4, 0.5) is 0 Å². The first kappa shape index (κ1) is 11.4.